The summed E-state index contributed by atoms with van der Waals surface area (Å²) in [6, 6.07) is 0.389. The van der Waals surface area contributed by atoms with Crippen LogP contribution in [0, 0.1) is 5.41 Å². The Morgan fingerprint density at radius 2 is 2.10 bits per heavy atom. The molecule has 0 bridgehead atoms. The van der Waals surface area contributed by atoms with Crippen LogP contribution in [0.3, 0.4) is 0 Å². The topological polar surface area (TPSA) is 67.1 Å². The molecular weight excluding hydrogens is 379 g/mol. The van der Waals surface area contributed by atoms with Crippen molar-refractivity contribution in [2.45, 2.75) is 53.1 Å². The molecule has 7 heteroatoms. The third-order valence-corrected chi connectivity index (χ3v) is 3.15. The summed E-state index contributed by atoms with van der Waals surface area (Å²) >= 11 is 0. The third-order valence-electron chi connectivity index (χ3n) is 3.15. The first-order valence-corrected chi connectivity index (χ1v) is 7.12. The molecule has 6 nitrogen and oxygen atoms in total. The molecule has 0 aliphatic carbocycles. The van der Waals surface area contributed by atoms with Gasteiger partial charge in [-0.05, 0) is 25.2 Å². The Hall–Kier alpha value is -0.860. The maximum absolute atomic E-state index is 4.24. The summed E-state index contributed by atoms with van der Waals surface area (Å²) in [5, 5.41) is 10.7. The Morgan fingerprint density at radius 1 is 1.43 bits per heavy atom. The average Bonchev–Trinajstić information content (AvgIpc) is 2.77. The van der Waals surface area contributed by atoms with E-state index >= 15 is 0 Å². The molecule has 0 aliphatic heterocycles. The maximum Gasteiger partial charge on any atom is 0.191 e. The highest BCUT2D eigenvalue weighted by atomic mass is 127. The molecule has 0 amide bonds. The lowest BCUT2D eigenvalue weighted by Gasteiger charge is -2.23. The van der Waals surface area contributed by atoms with Gasteiger partial charge in [-0.1, -0.05) is 20.8 Å². The van der Waals surface area contributed by atoms with Crippen molar-refractivity contribution in [1.82, 2.24) is 25.4 Å². The predicted molar refractivity (Wildman–Crippen MR) is 97.9 cm³/mol. The monoisotopic (exact) mass is 408 g/mol. The molecular formula is C14H29IN6. The summed E-state index contributed by atoms with van der Waals surface area (Å²) in [6.07, 6.45) is 3.86. The van der Waals surface area contributed by atoms with Crippen LogP contribution in [0.25, 0.3) is 0 Å². The van der Waals surface area contributed by atoms with Crippen molar-refractivity contribution in [2.24, 2.45) is 17.5 Å². The van der Waals surface area contributed by atoms with E-state index in [0.717, 1.165) is 18.2 Å². The molecule has 0 saturated heterocycles. The third kappa shape index (κ3) is 8.23. The van der Waals surface area contributed by atoms with Gasteiger partial charge in [0.2, 0.25) is 0 Å². The van der Waals surface area contributed by atoms with Gasteiger partial charge in [-0.2, -0.15) is 5.10 Å². The Morgan fingerprint density at radius 3 is 2.57 bits per heavy atom. The van der Waals surface area contributed by atoms with Gasteiger partial charge in [-0.15, -0.1) is 24.0 Å². The fourth-order valence-electron chi connectivity index (χ4n) is 1.79. The Labute approximate surface area is 145 Å². The van der Waals surface area contributed by atoms with E-state index in [9.17, 15) is 0 Å². The fourth-order valence-corrected chi connectivity index (χ4v) is 1.79. The molecule has 1 aromatic heterocycles. The summed E-state index contributed by atoms with van der Waals surface area (Å²) in [7, 11) is 3.66. The lowest BCUT2D eigenvalue weighted by atomic mass is 9.89. The largest absolute Gasteiger partial charge is 0.354 e. The lowest BCUT2D eigenvalue weighted by molar-refractivity contribution is 0.346. The van der Waals surface area contributed by atoms with Crippen molar-refractivity contribution in [3.05, 3.63) is 12.2 Å². The minimum Gasteiger partial charge on any atom is -0.354 e. The first-order chi connectivity index (χ1) is 9.31. The van der Waals surface area contributed by atoms with Gasteiger partial charge in [-0.3, -0.25) is 9.67 Å². The van der Waals surface area contributed by atoms with Crippen molar-refractivity contribution in [3.8, 4) is 0 Å². The maximum atomic E-state index is 4.24. The molecule has 0 aliphatic rings. The smallest absolute Gasteiger partial charge is 0.191 e. The molecule has 1 aromatic rings. The molecule has 122 valence electrons. The number of rotatable bonds is 5. The van der Waals surface area contributed by atoms with E-state index in [1.165, 1.54) is 6.42 Å². The molecule has 1 unspecified atom stereocenters. The molecule has 1 rings (SSSR count). The van der Waals surface area contributed by atoms with Gasteiger partial charge in [0, 0.05) is 20.1 Å². The van der Waals surface area contributed by atoms with Crippen LogP contribution >= 0.6 is 24.0 Å². The molecule has 0 aromatic carbocycles. The number of hydrogen-bond donors (Lipinski definition) is 2. The van der Waals surface area contributed by atoms with Gasteiger partial charge in [0.15, 0.2) is 5.96 Å². The zero-order chi connectivity index (χ0) is 15.2. The number of aryl methyl sites for hydroxylation is 1. The van der Waals surface area contributed by atoms with E-state index in [0.29, 0.717) is 18.0 Å². The van der Waals surface area contributed by atoms with Gasteiger partial charge < -0.3 is 10.6 Å². The minimum absolute atomic E-state index is 0. The molecule has 21 heavy (non-hydrogen) atoms. The molecule has 1 atom stereocenters. The highest BCUT2D eigenvalue weighted by Gasteiger charge is 2.13. The Bertz CT molecular complexity index is 435. The number of nitrogens with one attached hydrogen (secondary N) is 2. The van der Waals surface area contributed by atoms with Gasteiger partial charge in [0.05, 0.1) is 6.54 Å². The second kappa shape index (κ2) is 9.22. The van der Waals surface area contributed by atoms with Crippen molar-refractivity contribution >= 4 is 29.9 Å². The first-order valence-electron chi connectivity index (χ1n) is 7.12. The molecule has 0 spiro atoms. The van der Waals surface area contributed by atoms with E-state index in [2.05, 4.69) is 53.4 Å². The minimum atomic E-state index is 0. The van der Waals surface area contributed by atoms with E-state index in [-0.39, 0.29) is 24.0 Å². The summed E-state index contributed by atoms with van der Waals surface area (Å²) < 4.78 is 1.75. The first kappa shape index (κ1) is 20.1. The normalized spacial score (nSPS) is 13.5. The lowest BCUT2D eigenvalue weighted by Crippen LogP contribution is -2.42. The van der Waals surface area contributed by atoms with Crippen LogP contribution in [0.1, 0.15) is 46.4 Å². The van der Waals surface area contributed by atoms with Gasteiger partial charge in [-0.25, -0.2) is 4.98 Å². The zero-order valence-corrected chi connectivity index (χ0v) is 16.3. The van der Waals surface area contributed by atoms with Crippen molar-refractivity contribution < 1.29 is 0 Å². The van der Waals surface area contributed by atoms with Crippen LogP contribution < -0.4 is 10.6 Å². The van der Waals surface area contributed by atoms with Crippen LogP contribution in [0.5, 0.6) is 0 Å². The molecule has 0 fully saturated rings. The highest BCUT2D eigenvalue weighted by Crippen LogP contribution is 2.21. The van der Waals surface area contributed by atoms with Crippen LogP contribution in [0.4, 0.5) is 0 Å². The van der Waals surface area contributed by atoms with E-state index in [1.807, 2.05) is 7.05 Å². The number of guanidine groups is 1. The number of aromatic nitrogens is 3. The standard InChI is InChI=1S/C14H28N6.HI/c1-11(7-8-14(2,3)4)19-13(15-5)16-9-12-17-10-18-20(12)6;/h10-11H,7-9H2,1-6H3,(H2,15,16,19);1H. The number of halogens is 1. The second-order valence-corrected chi connectivity index (χ2v) is 6.37. The quantitative estimate of drug-likeness (QED) is 0.446. The average molecular weight is 408 g/mol. The van der Waals surface area contributed by atoms with Crippen molar-refractivity contribution in [1.29, 1.82) is 0 Å². The van der Waals surface area contributed by atoms with Gasteiger partial charge in [0.1, 0.15) is 12.2 Å². The Kier molecular flexibility index (Phi) is 8.84. The van der Waals surface area contributed by atoms with E-state index in [1.54, 1.807) is 18.1 Å². The van der Waals surface area contributed by atoms with E-state index in [4.69, 9.17) is 0 Å². The summed E-state index contributed by atoms with van der Waals surface area (Å²) in [5.74, 6) is 1.68. The summed E-state index contributed by atoms with van der Waals surface area (Å²) in [5.41, 5.74) is 0.367. The van der Waals surface area contributed by atoms with Crippen molar-refractivity contribution in [2.75, 3.05) is 7.05 Å². The second-order valence-electron chi connectivity index (χ2n) is 6.37. The number of nitrogens with zero attached hydrogens (tertiary/aromatic N) is 4. The fraction of sp³-hybridized carbons (Fsp3) is 0.786. The van der Waals surface area contributed by atoms with Gasteiger partial charge in [0.25, 0.3) is 0 Å². The molecule has 0 radical (unpaired) electrons. The van der Waals surface area contributed by atoms with Crippen molar-refractivity contribution in [3.63, 3.8) is 0 Å². The molecule has 2 N–H and O–H groups in total. The summed E-state index contributed by atoms with van der Waals surface area (Å²) in [6.45, 7) is 9.59. The van der Waals surface area contributed by atoms with Crippen LogP contribution in [0.15, 0.2) is 11.3 Å². The Balaban J connectivity index is 0.00000400. The van der Waals surface area contributed by atoms with Crippen LogP contribution in [-0.2, 0) is 13.6 Å². The predicted octanol–water partition coefficient (Wildman–Crippen LogP) is 2.31. The van der Waals surface area contributed by atoms with E-state index < -0.39 is 0 Å². The SMILES string of the molecule is CN=C(NCc1ncnn1C)NC(C)CCC(C)(C)C.I. The number of hydrogen-bond acceptors (Lipinski definition) is 3. The highest BCUT2D eigenvalue weighted by molar-refractivity contribution is 14.0. The molecule has 1 heterocycles. The molecule has 0 saturated carbocycles. The van der Waals surface area contributed by atoms with Crippen LogP contribution in [-0.4, -0.2) is 33.8 Å². The number of aliphatic imine (C=N–C) groups is 1. The summed E-state index contributed by atoms with van der Waals surface area (Å²) in [4.78, 5) is 8.41. The van der Waals surface area contributed by atoms with Crippen LogP contribution in [0.2, 0.25) is 0 Å². The zero-order valence-electron chi connectivity index (χ0n) is 14.0. The van der Waals surface area contributed by atoms with Gasteiger partial charge >= 0.3 is 0 Å².